The van der Waals surface area contributed by atoms with Gasteiger partial charge in [-0.1, -0.05) is 12.1 Å². The van der Waals surface area contributed by atoms with Crippen LogP contribution in [0.25, 0.3) is 21.8 Å². The summed E-state index contributed by atoms with van der Waals surface area (Å²) < 4.78 is 15.8. The van der Waals surface area contributed by atoms with Crippen molar-refractivity contribution < 1.29 is 9.18 Å². The molecule has 2 heterocycles. The monoisotopic (exact) mass is 323 g/mol. The number of carbonyl (C=O) groups excluding carboxylic acids is 1. The molecule has 0 fully saturated rings. The fourth-order valence-electron chi connectivity index (χ4n) is 2.96. The molecule has 0 unspecified atom stereocenters. The van der Waals surface area contributed by atoms with Crippen molar-refractivity contribution in [3.05, 3.63) is 70.2 Å². The molecule has 1 amide bonds. The fraction of sp³-hybridized carbons (Fsp3) is 0.0556. The normalized spacial score (nSPS) is 11.3. The van der Waals surface area contributed by atoms with Crippen LogP contribution in [0.5, 0.6) is 0 Å². The minimum absolute atomic E-state index is 0.353. The van der Waals surface area contributed by atoms with Gasteiger partial charge in [0.05, 0.1) is 17.6 Å². The molecule has 0 aliphatic carbocycles. The summed E-state index contributed by atoms with van der Waals surface area (Å²) >= 11 is 1.64. The second-order valence-corrected chi connectivity index (χ2v) is 6.34. The Morgan fingerprint density at radius 1 is 1.26 bits per heavy atom. The van der Waals surface area contributed by atoms with E-state index in [9.17, 15) is 9.18 Å². The lowest BCUT2D eigenvalue weighted by Gasteiger charge is -2.06. The van der Waals surface area contributed by atoms with E-state index < -0.39 is 5.91 Å². The Hall–Kier alpha value is -2.66. The zero-order valence-corrected chi connectivity index (χ0v) is 12.9. The third-order valence-corrected chi connectivity index (χ3v) is 4.78. The van der Waals surface area contributed by atoms with E-state index in [4.69, 9.17) is 5.73 Å². The van der Waals surface area contributed by atoms with E-state index in [2.05, 4.69) is 6.07 Å². The quantitative estimate of drug-likeness (QED) is 0.610. The van der Waals surface area contributed by atoms with Gasteiger partial charge in [0.1, 0.15) is 5.82 Å². The third-order valence-electron chi connectivity index (χ3n) is 3.92. The molecule has 2 aromatic heterocycles. The van der Waals surface area contributed by atoms with Crippen molar-refractivity contribution in [2.75, 3.05) is 0 Å². The standard InChI is InChI=1S/C18H12FN2OS/c19-11-6-7-13-16(9-11)21(10-12-3-2-8-23-12)15-5-1-4-14(17(13)15)18(20)22/h1-6,8-9H,10H2,(H2,20,22). The second kappa shape index (κ2) is 5.21. The van der Waals surface area contributed by atoms with Crippen LogP contribution in [-0.4, -0.2) is 10.5 Å². The van der Waals surface area contributed by atoms with Crippen molar-refractivity contribution in [1.29, 1.82) is 0 Å². The van der Waals surface area contributed by atoms with Gasteiger partial charge in [0.2, 0.25) is 5.91 Å². The second-order valence-electron chi connectivity index (χ2n) is 5.31. The predicted octanol–water partition coefficient (Wildman–Crippen LogP) is 3.94. The Morgan fingerprint density at radius 2 is 2.13 bits per heavy atom. The molecule has 4 rings (SSSR count). The smallest absolute Gasteiger partial charge is 0.249 e. The van der Waals surface area contributed by atoms with Crippen LogP contribution in [-0.2, 0) is 6.54 Å². The highest BCUT2D eigenvalue weighted by atomic mass is 32.1. The molecule has 113 valence electrons. The molecule has 2 N–H and O–H groups in total. The Bertz CT molecular complexity index is 1030. The van der Waals surface area contributed by atoms with Crippen molar-refractivity contribution in [3.8, 4) is 0 Å². The van der Waals surface area contributed by atoms with Crippen LogP contribution in [0, 0.1) is 11.9 Å². The molecule has 0 spiro atoms. The van der Waals surface area contributed by atoms with Gasteiger partial charge in [-0.25, -0.2) is 4.39 Å². The van der Waals surface area contributed by atoms with Gasteiger partial charge >= 0.3 is 0 Å². The zero-order chi connectivity index (χ0) is 16.0. The number of aromatic nitrogens is 1. The molecule has 0 aliphatic heterocycles. The summed E-state index contributed by atoms with van der Waals surface area (Å²) in [5.41, 5.74) is 7.51. The largest absolute Gasteiger partial charge is 0.366 e. The Morgan fingerprint density at radius 3 is 2.87 bits per heavy atom. The molecule has 0 atom stereocenters. The first-order valence-corrected chi connectivity index (χ1v) is 7.97. The molecule has 0 saturated carbocycles. The Labute approximate surface area is 135 Å². The van der Waals surface area contributed by atoms with E-state index in [1.807, 2.05) is 28.1 Å². The van der Waals surface area contributed by atoms with Gasteiger partial charge in [-0.2, -0.15) is 0 Å². The molecular formula is C18H12FN2OS. The van der Waals surface area contributed by atoms with Crippen molar-refractivity contribution in [3.63, 3.8) is 0 Å². The first-order valence-electron chi connectivity index (χ1n) is 7.09. The Balaban J connectivity index is 2.11. The lowest BCUT2D eigenvalue weighted by atomic mass is 10.1. The highest BCUT2D eigenvalue weighted by Crippen LogP contribution is 2.32. The molecule has 1 radical (unpaired) electrons. The van der Waals surface area contributed by atoms with E-state index in [0.717, 1.165) is 15.8 Å². The van der Waals surface area contributed by atoms with Crippen LogP contribution in [0.2, 0.25) is 0 Å². The minimum atomic E-state index is -0.497. The summed E-state index contributed by atoms with van der Waals surface area (Å²) in [6.07, 6.45) is 0. The fourth-order valence-corrected chi connectivity index (χ4v) is 3.66. The van der Waals surface area contributed by atoms with Crippen LogP contribution in [0.15, 0.2) is 47.8 Å². The van der Waals surface area contributed by atoms with Gasteiger partial charge in [-0.3, -0.25) is 4.79 Å². The van der Waals surface area contributed by atoms with Gasteiger partial charge in [-0.15, -0.1) is 11.3 Å². The van der Waals surface area contributed by atoms with Gasteiger partial charge < -0.3 is 10.3 Å². The number of hydrogen-bond donors (Lipinski definition) is 1. The third kappa shape index (κ3) is 2.21. The van der Waals surface area contributed by atoms with Crippen LogP contribution >= 0.6 is 11.3 Å². The number of thiophene rings is 1. The number of nitrogens with two attached hydrogens (primary N) is 1. The average Bonchev–Trinajstić information content (AvgIpc) is 3.14. The Kier molecular flexibility index (Phi) is 3.16. The van der Waals surface area contributed by atoms with Crippen molar-refractivity contribution in [2.45, 2.75) is 6.54 Å². The number of hydrogen-bond acceptors (Lipinski definition) is 2. The number of nitrogens with zero attached hydrogens (tertiary/aromatic N) is 1. The maximum atomic E-state index is 13.7. The first kappa shape index (κ1) is 14.0. The van der Waals surface area contributed by atoms with E-state index in [1.54, 1.807) is 23.5 Å². The number of amides is 1. The molecule has 23 heavy (non-hydrogen) atoms. The molecule has 3 nitrogen and oxygen atoms in total. The number of primary amides is 1. The summed E-state index contributed by atoms with van der Waals surface area (Å²) in [6, 6.07) is 15.1. The maximum absolute atomic E-state index is 13.7. The molecule has 0 aliphatic rings. The minimum Gasteiger partial charge on any atom is -0.366 e. The predicted molar refractivity (Wildman–Crippen MR) is 90.2 cm³/mol. The molecular weight excluding hydrogens is 311 g/mol. The summed E-state index contributed by atoms with van der Waals surface area (Å²) in [6.45, 7) is 0.608. The van der Waals surface area contributed by atoms with Crippen LogP contribution in [0.3, 0.4) is 0 Å². The zero-order valence-electron chi connectivity index (χ0n) is 12.0. The molecule has 2 aromatic carbocycles. The van der Waals surface area contributed by atoms with Gasteiger partial charge in [0.25, 0.3) is 0 Å². The molecule has 0 bridgehead atoms. The molecule has 4 aromatic rings. The first-order chi connectivity index (χ1) is 11.1. The maximum Gasteiger partial charge on any atom is 0.249 e. The number of fused-ring (bicyclic) bond motifs is 3. The lowest BCUT2D eigenvalue weighted by molar-refractivity contribution is 0.100. The van der Waals surface area contributed by atoms with Gasteiger partial charge in [0, 0.05) is 21.2 Å². The van der Waals surface area contributed by atoms with Crippen LogP contribution in [0.1, 0.15) is 15.2 Å². The number of rotatable bonds is 3. The van der Waals surface area contributed by atoms with Gasteiger partial charge in [0.15, 0.2) is 0 Å². The van der Waals surface area contributed by atoms with Gasteiger partial charge in [-0.05, 0) is 41.8 Å². The van der Waals surface area contributed by atoms with Crippen molar-refractivity contribution in [1.82, 2.24) is 4.57 Å². The number of benzene rings is 2. The number of carbonyl (C=O) groups is 1. The highest BCUT2D eigenvalue weighted by molar-refractivity contribution is 7.09. The summed E-state index contributed by atoms with van der Waals surface area (Å²) in [5, 5.41) is 3.45. The van der Waals surface area contributed by atoms with Crippen molar-refractivity contribution >= 4 is 39.0 Å². The van der Waals surface area contributed by atoms with E-state index in [1.165, 1.54) is 12.1 Å². The van der Waals surface area contributed by atoms with Crippen molar-refractivity contribution in [2.24, 2.45) is 5.73 Å². The number of halogens is 1. The SMILES string of the molecule is NC(=O)c1cccc2c1c1[c]cc(F)cc1n2Cc1cccs1. The van der Waals surface area contributed by atoms with E-state index in [-0.39, 0.29) is 5.82 Å². The van der Waals surface area contributed by atoms with E-state index in [0.29, 0.717) is 23.0 Å². The molecule has 5 heteroatoms. The lowest BCUT2D eigenvalue weighted by Crippen LogP contribution is -2.11. The summed E-state index contributed by atoms with van der Waals surface area (Å²) in [4.78, 5) is 12.9. The van der Waals surface area contributed by atoms with E-state index >= 15 is 0 Å². The van der Waals surface area contributed by atoms with Crippen LogP contribution < -0.4 is 5.73 Å². The highest BCUT2D eigenvalue weighted by Gasteiger charge is 2.17. The van der Waals surface area contributed by atoms with Crippen LogP contribution in [0.4, 0.5) is 4.39 Å². The molecule has 0 saturated heterocycles. The average molecular weight is 323 g/mol. The summed E-state index contributed by atoms with van der Waals surface area (Å²) in [7, 11) is 0. The topological polar surface area (TPSA) is 48.0 Å². The summed E-state index contributed by atoms with van der Waals surface area (Å²) in [5.74, 6) is -0.850.